The van der Waals surface area contributed by atoms with Gasteiger partial charge in [-0.05, 0) is 80.6 Å². The number of furan rings is 1. The van der Waals surface area contributed by atoms with Gasteiger partial charge in [-0.15, -0.1) is 0 Å². The zero-order valence-corrected chi connectivity index (χ0v) is 20.2. The predicted octanol–water partition coefficient (Wildman–Crippen LogP) is 5.33. The number of rotatable bonds is 8. The second kappa shape index (κ2) is 10.9. The summed E-state index contributed by atoms with van der Waals surface area (Å²) in [6.45, 7) is 4.57. The summed E-state index contributed by atoms with van der Waals surface area (Å²) in [5.41, 5.74) is 2.47. The number of halogens is 1. The van der Waals surface area contributed by atoms with Crippen LogP contribution in [0, 0.1) is 18.7 Å². The van der Waals surface area contributed by atoms with Gasteiger partial charge < -0.3 is 14.1 Å². The second-order valence-electron chi connectivity index (χ2n) is 9.13. The molecular formula is C28H33FN2O3. The first-order valence-electron chi connectivity index (χ1n) is 11.9. The van der Waals surface area contributed by atoms with Crippen molar-refractivity contribution in [3.8, 4) is 5.75 Å². The Hall–Kier alpha value is -3.12. The van der Waals surface area contributed by atoms with E-state index < -0.39 is 0 Å². The van der Waals surface area contributed by atoms with Gasteiger partial charge in [-0.25, -0.2) is 4.39 Å². The Morgan fingerprint density at radius 1 is 1.15 bits per heavy atom. The van der Waals surface area contributed by atoms with Gasteiger partial charge in [0.25, 0.3) is 5.91 Å². The Balaban J connectivity index is 1.47. The largest absolute Gasteiger partial charge is 0.497 e. The van der Waals surface area contributed by atoms with Gasteiger partial charge in [-0.1, -0.05) is 30.3 Å². The Labute approximate surface area is 201 Å². The normalized spacial score (nSPS) is 15.8. The molecule has 1 aliphatic rings. The molecule has 5 nitrogen and oxygen atoms in total. The number of carbonyl (C=O) groups is 1. The van der Waals surface area contributed by atoms with Gasteiger partial charge in [0.1, 0.15) is 17.3 Å². The zero-order valence-electron chi connectivity index (χ0n) is 20.2. The number of hydrogen-bond donors (Lipinski definition) is 0. The molecule has 2 aromatic carbocycles. The fraction of sp³-hybridized carbons (Fsp3) is 0.393. The molecule has 180 valence electrons. The van der Waals surface area contributed by atoms with Gasteiger partial charge in [0, 0.05) is 19.6 Å². The van der Waals surface area contributed by atoms with Crippen LogP contribution in [-0.2, 0) is 13.0 Å². The van der Waals surface area contributed by atoms with Crippen LogP contribution in [0.4, 0.5) is 4.39 Å². The zero-order chi connectivity index (χ0) is 24.1. The fourth-order valence-corrected chi connectivity index (χ4v) is 4.94. The van der Waals surface area contributed by atoms with E-state index in [-0.39, 0.29) is 23.7 Å². The first-order chi connectivity index (χ1) is 16.5. The quantitative estimate of drug-likeness (QED) is 0.452. The molecule has 0 saturated carbocycles. The van der Waals surface area contributed by atoms with E-state index in [1.807, 2.05) is 31.3 Å². The first-order valence-corrected chi connectivity index (χ1v) is 11.9. The summed E-state index contributed by atoms with van der Waals surface area (Å²) in [5, 5.41) is 0. The highest BCUT2D eigenvalue weighted by molar-refractivity contribution is 5.95. The Morgan fingerprint density at radius 3 is 2.47 bits per heavy atom. The van der Waals surface area contributed by atoms with E-state index >= 15 is 0 Å². The topological polar surface area (TPSA) is 45.9 Å². The molecule has 0 N–H and O–H groups in total. The number of ether oxygens (including phenoxy) is 1. The summed E-state index contributed by atoms with van der Waals surface area (Å²) in [6.07, 6.45) is 3.95. The van der Waals surface area contributed by atoms with Crippen LogP contribution < -0.4 is 4.74 Å². The molecule has 0 aliphatic carbocycles. The highest BCUT2D eigenvalue weighted by atomic mass is 19.1. The summed E-state index contributed by atoms with van der Waals surface area (Å²) in [5.74, 6) is 1.46. The minimum atomic E-state index is -0.218. The molecule has 0 bridgehead atoms. The van der Waals surface area contributed by atoms with E-state index in [1.54, 1.807) is 37.3 Å². The number of aryl methyl sites for hydroxylation is 1. The predicted molar refractivity (Wildman–Crippen MR) is 130 cm³/mol. The van der Waals surface area contributed by atoms with Crippen molar-refractivity contribution in [1.82, 2.24) is 9.80 Å². The molecule has 4 rings (SSSR count). The number of nitrogens with zero attached hydrogens (tertiary/aromatic N) is 2. The van der Waals surface area contributed by atoms with E-state index in [0.717, 1.165) is 38.2 Å². The highest BCUT2D eigenvalue weighted by Gasteiger charge is 2.33. The van der Waals surface area contributed by atoms with Crippen LogP contribution in [0.15, 0.2) is 65.3 Å². The number of amides is 1. The first kappa shape index (κ1) is 24.0. The highest BCUT2D eigenvalue weighted by Crippen LogP contribution is 2.29. The minimum Gasteiger partial charge on any atom is -0.497 e. The molecule has 3 aromatic rings. The Kier molecular flexibility index (Phi) is 7.68. The van der Waals surface area contributed by atoms with Crippen molar-refractivity contribution >= 4 is 5.91 Å². The molecule has 0 spiro atoms. The third-order valence-corrected chi connectivity index (χ3v) is 7.04. The van der Waals surface area contributed by atoms with E-state index in [9.17, 15) is 9.18 Å². The molecule has 6 heteroatoms. The van der Waals surface area contributed by atoms with Crippen molar-refractivity contribution in [3.05, 3.63) is 89.1 Å². The molecule has 1 amide bonds. The molecule has 34 heavy (non-hydrogen) atoms. The van der Waals surface area contributed by atoms with Crippen LogP contribution in [0.25, 0.3) is 0 Å². The van der Waals surface area contributed by atoms with Crippen LogP contribution in [0.1, 0.15) is 40.1 Å². The lowest BCUT2D eigenvalue weighted by molar-refractivity contribution is 0.0581. The Morgan fingerprint density at radius 2 is 1.85 bits per heavy atom. The number of piperidine rings is 1. The number of likely N-dealkylation sites (tertiary alicyclic amines) is 1. The van der Waals surface area contributed by atoms with Gasteiger partial charge in [-0.3, -0.25) is 9.69 Å². The van der Waals surface area contributed by atoms with Crippen molar-refractivity contribution in [2.24, 2.45) is 5.92 Å². The molecule has 2 heterocycles. The maximum Gasteiger partial charge on any atom is 0.257 e. The minimum absolute atomic E-state index is 0.0757. The number of methoxy groups -OCH3 is 1. The lowest BCUT2D eigenvalue weighted by Gasteiger charge is -2.40. The number of likely N-dealkylation sites (N-methyl/N-ethyl adjacent to an activating group) is 1. The maximum absolute atomic E-state index is 14.5. The molecule has 1 aliphatic heterocycles. The third-order valence-electron chi connectivity index (χ3n) is 7.04. The number of hydrogen-bond acceptors (Lipinski definition) is 4. The summed E-state index contributed by atoms with van der Waals surface area (Å²) in [7, 11) is 3.51. The molecule has 1 unspecified atom stereocenters. The van der Waals surface area contributed by atoms with E-state index in [4.69, 9.17) is 9.15 Å². The monoisotopic (exact) mass is 464 g/mol. The van der Waals surface area contributed by atoms with Gasteiger partial charge in [0.15, 0.2) is 0 Å². The molecule has 1 atom stereocenters. The van der Waals surface area contributed by atoms with Crippen LogP contribution in [-0.4, -0.2) is 49.0 Å². The SMILES string of the molecule is COc1ccc(CN2CCC(C(Cc3ccccc3F)N(C)C(=O)c3ccoc3C)CC2)cc1. The van der Waals surface area contributed by atoms with Gasteiger partial charge in [0.05, 0.1) is 18.9 Å². The molecule has 0 radical (unpaired) electrons. The Bertz CT molecular complexity index is 1090. The van der Waals surface area contributed by atoms with Crippen LogP contribution in [0.5, 0.6) is 5.75 Å². The van der Waals surface area contributed by atoms with Crippen LogP contribution in [0.2, 0.25) is 0 Å². The summed E-state index contributed by atoms with van der Waals surface area (Å²) in [4.78, 5) is 17.5. The summed E-state index contributed by atoms with van der Waals surface area (Å²) in [6, 6.07) is 16.7. The lowest BCUT2D eigenvalue weighted by atomic mass is 9.84. The molecule has 1 aromatic heterocycles. The van der Waals surface area contributed by atoms with Crippen molar-refractivity contribution in [2.75, 3.05) is 27.2 Å². The van der Waals surface area contributed by atoms with Crippen molar-refractivity contribution < 1.29 is 18.3 Å². The average Bonchev–Trinajstić information content (AvgIpc) is 3.29. The lowest BCUT2D eigenvalue weighted by Crippen LogP contribution is -2.47. The standard InChI is InChI=1S/C28H33FN2O3/c1-20-25(14-17-34-20)28(32)30(2)27(18-23-6-4-5-7-26(23)29)22-12-15-31(16-13-22)19-21-8-10-24(33-3)11-9-21/h4-11,14,17,22,27H,12-13,15-16,18-19H2,1-3H3. The molecular weight excluding hydrogens is 431 g/mol. The van der Waals surface area contributed by atoms with E-state index in [2.05, 4.69) is 17.0 Å². The van der Waals surface area contributed by atoms with E-state index in [1.165, 1.54) is 11.6 Å². The van der Waals surface area contributed by atoms with Crippen molar-refractivity contribution in [2.45, 2.75) is 38.8 Å². The van der Waals surface area contributed by atoms with Gasteiger partial charge in [-0.2, -0.15) is 0 Å². The number of carbonyl (C=O) groups excluding carboxylic acids is 1. The maximum atomic E-state index is 14.5. The smallest absolute Gasteiger partial charge is 0.257 e. The second-order valence-corrected chi connectivity index (χ2v) is 9.13. The van der Waals surface area contributed by atoms with Crippen molar-refractivity contribution in [3.63, 3.8) is 0 Å². The summed E-state index contributed by atoms with van der Waals surface area (Å²) < 4.78 is 25.2. The molecule has 1 saturated heterocycles. The van der Waals surface area contributed by atoms with E-state index in [0.29, 0.717) is 23.3 Å². The van der Waals surface area contributed by atoms with Crippen molar-refractivity contribution in [1.29, 1.82) is 0 Å². The average molecular weight is 465 g/mol. The third kappa shape index (κ3) is 5.50. The molecule has 1 fully saturated rings. The van der Waals surface area contributed by atoms with Crippen LogP contribution in [0.3, 0.4) is 0 Å². The van der Waals surface area contributed by atoms with Gasteiger partial charge in [0.2, 0.25) is 0 Å². The van der Waals surface area contributed by atoms with Crippen LogP contribution >= 0.6 is 0 Å². The number of benzene rings is 2. The summed E-state index contributed by atoms with van der Waals surface area (Å²) >= 11 is 0. The van der Waals surface area contributed by atoms with Gasteiger partial charge >= 0.3 is 0 Å². The fourth-order valence-electron chi connectivity index (χ4n) is 4.94.